The lowest BCUT2D eigenvalue weighted by molar-refractivity contribution is -0.142. The van der Waals surface area contributed by atoms with E-state index < -0.39 is 17.8 Å². The lowest BCUT2D eigenvalue weighted by Crippen LogP contribution is -2.21. The number of halogens is 3. The van der Waals surface area contributed by atoms with Crippen molar-refractivity contribution in [2.45, 2.75) is 19.5 Å². The molecule has 0 atom stereocenters. The van der Waals surface area contributed by atoms with Gasteiger partial charge in [0.25, 0.3) is 0 Å². The number of nitrogens with zero attached hydrogens (tertiary/aromatic N) is 1. The summed E-state index contributed by atoms with van der Waals surface area (Å²) in [5, 5.41) is 0.291. The number of anilines is 1. The molecule has 0 spiro atoms. The van der Waals surface area contributed by atoms with Crippen LogP contribution in [0.3, 0.4) is 0 Å². The number of aryl methyl sites for hydroxylation is 1. The number of nitrogens with two attached hydrogens (primary N) is 1. The van der Waals surface area contributed by atoms with E-state index in [1.807, 2.05) is 19.1 Å². The highest BCUT2D eigenvalue weighted by Crippen LogP contribution is 2.34. The first-order chi connectivity index (χ1) is 11.3. The van der Waals surface area contributed by atoms with Crippen LogP contribution in [0.15, 0.2) is 48.5 Å². The molecule has 0 aliphatic rings. The fourth-order valence-electron chi connectivity index (χ4n) is 2.67. The molecule has 0 fully saturated rings. The van der Waals surface area contributed by atoms with Crippen molar-refractivity contribution in [1.82, 2.24) is 4.57 Å². The predicted molar refractivity (Wildman–Crippen MR) is 86.9 cm³/mol. The van der Waals surface area contributed by atoms with E-state index in [0.29, 0.717) is 16.6 Å². The maximum Gasteiger partial charge on any atom is 0.431 e. The summed E-state index contributed by atoms with van der Waals surface area (Å²) in [4.78, 5) is 12.6. The molecule has 1 aromatic heterocycles. The van der Waals surface area contributed by atoms with E-state index in [1.165, 1.54) is 18.2 Å². The maximum absolute atomic E-state index is 13.3. The van der Waals surface area contributed by atoms with E-state index >= 15 is 0 Å². The van der Waals surface area contributed by atoms with E-state index in [0.717, 1.165) is 16.2 Å². The fourth-order valence-corrected chi connectivity index (χ4v) is 2.67. The predicted octanol–water partition coefficient (Wildman–Crippen LogP) is 4.43. The lowest BCUT2D eigenvalue weighted by Gasteiger charge is -2.12. The number of fused-ring (bicyclic) bond motifs is 1. The highest BCUT2D eigenvalue weighted by Gasteiger charge is 2.37. The molecule has 0 saturated carbocycles. The Morgan fingerprint density at radius 1 is 1.08 bits per heavy atom. The van der Waals surface area contributed by atoms with Crippen LogP contribution in [0.25, 0.3) is 10.9 Å². The SMILES string of the molecule is Cc1ccc(CC(=O)n2c(C(F)(F)F)cc3cc(N)ccc32)cc1. The zero-order valence-electron chi connectivity index (χ0n) is 12.9. The smallest absolute Gasteiger partial charge is 0.399 e. The number of benzene rings is 2. The van der Waals surface area contributed by atoms with Gasteiger partial charge in [-0.25, -0.2) is 0 Å². The normalized spacial score (nSPS) is 11.8. The average Bonchev–Trinajstić information content (AvgIpc) is 2.88. The minimum atomic E-state index is -4.63. The van der Waals surface area contributed by atoms with E-state index in [4.69, 9.17) is 5.73 Å². The van der Waals surface area contributed by atoms with Gasteiger partial charge in [-0.3, -0.25) is 9.36 Å². The molecule has 0 saturated heterocycles. The molecule has 0 aliphatic carbocycles. The number of alkyl halides is 3. The summed E-state index contributed by atoms with van der Waals surface area (Å²) in [6.45, 7) is 1.90. The summed E-state index contributed by atoms with van der Waals surface area (Å²) in [6, 6.07) is 12.4. The van der Waals surface area contributed by atoms with Crippen molar-refractivity contribution in [2.75, 3.05) is 5.73 Å². The third kappa shape index (κ3) is 2.99. The van der Waals surface area contributed by atoms with E-state index in [2.05, 4.69) is 0 Å². The molecule has 3 aromatic rings. The molecule has 0 bridgehead atoms. The van der Waals surface area contributed by atoms with Gasteiger partial charge >= 0.3 is 6.18 Å². The Labute approximate surface area is 136 Å². The second-order valence-corrected chi connectivity index (χ2v) is 5.74. The second kappa shape index (κ2) is 5.70. The lowest BCUT2D eigenvalue weighted by atomic mass is 10.1. The first-order valence-electron chi connectivity index (χ1n) is 7.32. The second-order valence-electron chi connectivity index (χ2n) is 5.74. The molecule has 3 nitrogen and oxygen atoms in total. The molecular weight excluding hydrogens is 317 g/mol. The van der Waals surface area contributed by atoms with Crippen LogP contribution < -0.4 is 5.73 Å². The van der Waals surface area contributed by atoms with Crippen molar-refractivity contribution in [1.29, 1.82) is 0 Å². The van der Waals surface area contributed by atoms with E-state index in [-0.39, 0.29) is 11.9 Å². The van der Waals surface area contributed by atoms with Crippen molar-refractivity contribution < 1.29 is 18.0 Å². The van der Waals surface area contributed by atoms with Crippen LogP contribution in [0.5, 0.6) is 0 Å². The number of rotatable bonds is 2. The molecule has 0 unspecified atom stereocenters. The quantitative estimate of drug-likeness (QED) is 0.706. The molecule has 0 amide bonds. The summed E-state index contributed by atoms with van der Waals surface area (Å²) in [7, 11) is 0. The summed E-state index contributed by atoms with van der Waals surface area (Å²) in [5.74, 6) is -0.633. The van der Waals surface area contributed by atoms with Crippen LogP contribution in [-0.4, -0.2) is 10.5 Å². The molecule has 1 heterocycles. The zero-order chi connectivity index (χ0) is 17.5. The minimum absolute atomic E-state index is 0.114. The van der Waals surface area contributed by atoms with Gasteiger partial charge in [0, 0.05) is 11.1 Å². The highest BCUT2D eigenvalue weighted by molar-refractivity contribution is 5.96. The molecule has 24 heavy (non-hydrogen) atoms. The standard InChI is InChI=1S/C18H15F3N2O/c1-11-2-4-12(5-3-11)8-17(24)23-15-7-6-14(22)9-13(15)10-16(23)18(19,20)21/h2-7,9-10H,8,22H2,1H3. The van der Waals surface area contributed by atoms with Gasteiger partial charge < -0.3 is 5.73 Å². The van der Waals surface area contributed by atoms with Gasteiger partial charge in [0.05, 0.1) is 11.9 Å². The number of hydrogen-bond acceptors (Lipinski definition) is 2. The average molecular weight is 332 g/mol. The van der Waals surface area contributed by atoms with E-state index in [9.17, 15) is 18.0 Å². The van der Waals surface area contributed by atoms with Crippen LogP contribution in [0, 0.1) is 6.92 Å². The molecule has 6 heteroatoms. The molecule has 2 aromatic carbocycles. The molecule has 3 rings (SSSR count). The Hall–Kier alpha value is -2.76. The molecule has 0 aliphatic heterocycles. The largest absolute Gasteiger partial charge is 0.431 e. The van der Waals surface area contributed by atoms with Crippen molar-refractivity contribution in [3.05, 3.63) is 65.4 Å². The topological polar surface area (TPSA) is 48.0 Å². The molecular formula is C18H15F3N2O. The van der Waals surface area contributed by atoms with Crippen LogP contribution in [0.1, 0.15) is 21.6 Å². The molecule has 0 radical (unpaired) electrons. The number of aromatic nitrogens is 1. The maximum atomic E-state index is 13.3. The number of carbonyl (C=O) groups is 1. The van der Waals surface area contributed by atoms with Crippen molar-refractivity contribution in [2.24, 2.45) is 0 Å². The molecule has 2 N–H and O–H groups in total. The van der Waals surface area contributed by atoms with Crippen LogP contribution in [0.4, 0.5) is 18.9 Å². The summed E-state index contributed by atoms with van der Waals surface area (Å²) in [6.07, 6.45) is -4.74. The molecule has 124 valence electrons. The van der Waals surface area contributed by atoms with Crippen LogP contribution >= 0.6 is 0 Å². The van der Waals surface area contributed by atoms with Gasteiger partial charge in [-0.15, -0.1) is 0 Å². The van der Waals surface area contributed by atoms with Crippen molar-refractivity contribution in [3.63, 3.8) is 0 Å². The Morgan fingerprint density at radius 3 is 2.38 bits per heavy atom. The Balaban J connectivity index is 2.09. The first-order valence-corrected chi connectivity index (χ1v) is 7.32. The minimum Gasteiger partial charge on any atom is -0.399 e. The van der Waals surface area contributed by atoms with Crippen molar-refractivity contribution in [3.8, 4) is 0 Å². The van der Waals surface area contributed by atoms with Gasteiger partial charge in [0.15, 0.2) is 0 Å². The Morgan fingerprint density at radius 2 is 1.75 bits per heavy atom. The van der Waals surface area contributed by atoms with Gasteiger partial charge in [0.1, 0.15) is 5.69 Å². The number of carbonyl (C=O) groups excluding carboxylic acids is 1. The van der Waals surface area contributed by atoms with Crippen molar-refractivity contribution >= 4 is 22.5 Å². The van der Waals surface area contributed by atoms with Crippen LogP contribution in [0.2, 0.25) is 0 Å². The highest BCUT2D eigenvalue weighted by atomic mass is 19.4. The van der Waals surface area contributed by atoms with Crippen LogP contribution in [-0.2, 0) is 12.6 Å². The first kappa shape index (κ1) is 16.1. The van der Waals surface area contributed by atoms with Gasteiger partial charge in [-0.05, 0) is 36.8 Å². The number of hydrogen-bond donors (Lipinski definition) is 1. The Kier molecular flexibility index (Phi) is 3.83. The van der Waals surface area contributed by atoms with Gasteiger partial charge in [-0.2, -0.15) is 13.2 Å². The zero-order valence-corrected chi connectivity index (χ0v) is 12.9. The third-order valence-corrected chi connectivity index (χ3v) is 3.84. The third-order valence-electron chi connectivity index (χ3n) is 3.84. The fraction of sp³-hybridized carbons (Fsp3) is 0.167. The summed E-state index contributed by atoms with van der Waals surface area (Å²) >= 11 is 0. The number of nitrogen functional groups attached to an aromatic ring is 1. The van der Waals surface area contributed by atoms with Gasteiger partial charge in [0.2, 0.25) is 5.91 Å². The van der Waals surface area contributed by atoms with Gasteiger partial charge in [-0.1, -0.05) is 29.8 Å². The van der Waals surface area contributed by atoms with E-state index in [1.54, 1.807) is 12.1 Å². The summed E-state index contributed by atoms with van der Waals surface area (Å²) in [5.41, 5.74) is 6.87. The Bertz CT molecular complexity index is 908. The monoisotopic (exact) mass is 332 g/mol. The summed E-state index contributed by atoms with van der Waals surface area (Å²) < 4.78 is 40.7.